The third-order valence-electron chi connectivity index (χ3n) is 0.995. The summed E-state index contributed by atoms with van der Waals surface area (Å²) in [6.45, 7) is 0. The lowest BCUT2D eigenvalue weighted by Gasteiger charge is -1.93. The molecule has 1 heterocycles. The van der Waals surface area contributed by atoms with Gasteiger partial charge in [0, 0.05) is 0 Å². The van der Waals surface area contributed by atoms with E-state index in [9.17, 15) is 9.90 Å². The summed E-state index contributed by atoms with van der Waals surface area (Å²) in [4.78, 5) is 10.1. The summed E-state index contributed by atoms with van der Waals surface area (Å²) in [5.41, 5.74) is 0. The maximum Gasteiger partial charge on any atom is 0.149 e. The highest BCUT2D eigenvalue weighted by molar-refractivity contribution is 6.16. The standard InChI is InChI=1S/C6H5ClO3/c7-3-4-1-2-5(10-4)6(8)9/h1-2H,3H2,(H,8,9)/p-1. The van der Waals surface area contributed by atoms with Crippen molar-refractivity contribution in [3.63, 3.8) is 0 Å². The largest absolute Gasteiger partial charge is 0.542 e. The Kier molecular flexibility index (Phi) is 1.97. The van der Waals surface area contributed by atoms with Gasteiger partial charge in [0.2, 0.25) is 0 Å². The molecule has 1 rings (SSSR count). The van der Waals surface area contributed by atoms with Gasteiger partial charge in [-0.2, -0.15) is 0 Å². The highest BCUT2D eigenvalue weighted by atomic mass is 35.5. The van der Waals surface area contributed by atoms with E-state index >= 15 is 0 Å². The summed E-state index contributed by atoms with van der Waals surface area (Å²) in [7, 11) is 0. The number of carboxylic acids is 1. The van der Waals surface area contributed by atoms with E-state index in [-0.39, 0.29) is 11.6 Å². The van der Waals surface area contributed by atoms with Crippen LogP contribution in [0.1, 0.15) is 16.3 Å². The fraction of sp³-hybridized carbons (Fsp3) is 0.167. The van der Waals surface area contributed by atoms with Gasteiger partial charge < -0.3 is 14.3 Å². The number of alkyl halides is 1. The van der Waals surface area contributed by atoms with Crippen molar-refractivity contribution in [2.45, 2.75) is 5.88 Å². The highest BCUT2D eigenvalue weighted by Crippen LogP contribution is 2.08. The number of hydrogen-bond acceptors (Lipinski definition) is 3. The van der Waals surface area contributed by atoms with E-state index in [4.69, 9.17) is 16.0 Å². The molecule has 0 unspecified atom stereocenters. The Bertz CT molecular complexity index is 241. The summed E-state index contributed by atoms with van der Waals surface area (Å²) in [6.07, 6.45) is 0. The summed E-state index contributed by atoms with van der Waals surface area (Å²) >= 11 is 5.34. The zero-order valence-electron chi connectivity index (χ0n) is 4.96. The first-order valence-electron chi connectivity index (χ1n) is 2.60. The van der Waals surface area contributed by atoms with Gasteiger partial charge in [-0.25, -0.2) is 0 Å². The third kappa shape index (κ3) is 1.30. The number of carbonyl (C=O) groups is 1. The topological polar surface area (TPSA) is 53.3 Å². The number of aromatic carboxylic acids is 1. The number of furan rings is 1. The van der Waals surface area contributed by atoms with Crippen LogP contribution in [0.2, 0.25) is 0 Å². The number of carbonyl (C=O) groups excluding carboxylic acids is 1. The van der Waals surface area contributed by atoms with Gasteiger partial charge in [-0.15, -0.1) is 11.6 Å². The van der Waals surface area contributed by atoms with Crippen LogP contribution in [0, 0.1) is 0 Å². The molecule has 10 heavy (non-hydrogen) atoms. The number of rotatable bonds is 2. The molecule has 0 aliphatic rings. The van der Waals surface area contributed by atoms with Crippen LogP contribution < -0.4 is 5.11 Å². The third-order valence-corrected chi connectivity index (χ3v) is 1.26. The minimum atomic E-state index is -1.32. The fourth-order valence-corrected chi connectivity index (χ4v) is 0.703. The summed E-state index contributed by atoms with van der Waals surface area (Å²) in [5.74, 6) is -0.902. The van der Waals surface area contributed by atoms with E-state index in [1.165, 1.54) is 12.1 Å². The van der Waals surface area contributed by atoms with Crippen LogP contribution >= 0.6 is 11.6 Å². The Morgan fingerprint density at radius 3 is 2.70 bits per heavy atom. The SMILES string of the molecule is O=C([O-])c1ccc(CCl)o1. The molecule has 0 atom stereocenters. The molecule has 0 aliphatic carbocycles. The zero-order chi connectivity index (χ0) is 7.56. The maximum atomic E-state index is 10.1. The molecule has 0 amide bonds. The molecule has 0 aromatic carbocycles. The maximum absolute atomic E-state index is 10.1. The molecule has 0 bridgehead atoms. The molecule has 0 aliphatic heterocycles. The predicted octanol–water partition coefficient (Wildman–Crippen LogP) is 0.382. The Balaban J connectivity index is 2.88. The van der Waals surface area contributed by atoms with E-state index < -0.39 is 5.97 Å². The van der Waals surface area contributed by atoms with Crippen LogP contribution in [0.4, 0.5) is 0 Å². The van der Waals surface area contributed by atoms with Gasteiger partial charge in [-0.05, 0) is 12.1 Å². The van der Waals surface area contributed by atoms with E-state index in [0.717, 1.165) is 0 Å². The van der Waals surface area contributed by atoms with Gasteiger partial charge in [-0.1, -0.05) is 0 Å². The second-order valence-electron chi connectivity index (χ2n) is 1.69. The average molecular weight is 160 g/mol. The van der Waals surface area contributed by atoms with Crippen molar-refractivity contribution in [1.82, 2.24) is 0 Å². The van der Waals surface area contributed by atoms with Crippen molar-refractivity contribution in [2.75, 3.05) is 0 Å². The van der Waals surface area contributed by atoms with Gasteiger partial charge in [0.25, 0.3) is 0 Å². The van der Waals surface area contributed by atoms with E-state index in [2.05, 4.69) is 0 Å². The molecule has 0 fully saturated rings. The number of carboxylic acid groups (broad SMARTS) is 1. The first kappa shape index (κ1) is 7.15. The first-order valence-corrected chi connectivity index (χ1v) is 3.13. The molecule has 4 heteroatoms. The molecule has 54 valence electrons. The number of hydrogen-bond donors (Lipinski definition) is 0. The van der Waals surface area contributed by atoms with Crippen LogP contribution in [-0.2, 0) is 5.88 Å². The van der Waals surface area contributed by atoms with Crippen LogP contribution in [0.5, 0.6) is 0 Å². The molecule has 1 aromatic heterocycles. The lowest BCUT2D eigenvalue weighted by molar-refractivity contribution is -0.257. The van der Waals surface area contributed by atoms with Gasteiger partial charge in [0.1, 0.15) is 17.5 Å². The van der Waals surface area contributed by atoms with Crippen molar-refractivity contribution in [3.8, 4) is 0 Å². The minimum absolute atomic E-state index is 0.174. The average Bonchev–Trinajstić information content (AvgIpc) is 2.34. The van der Waals surface area contributed by atoms with Crippen LogP contribution in [0.25, 0.3) is 0 Å². The monoisotopic (exact) mass is 159 g/mol. The Labute approximate surface area is 62.2 Å². The van der Waals surface area contributed by atoms with Gasteiger partial charge >= 0.3 is 0 Å². The van der Waals surface area contributed by atoms with Crippen molar-refractivity contribution in [1.29, 1.82) is 0 Å². The first-order chi connectivity index (χ1) is 4.74. The van der Waals surface area contributed by atoms with E-state index in [0.29, 0.717) is 5.76 Å². The Morgan fingerprint density at radius 2 is 2.40 bits per heavy atom. The molecule has 3 nitrogen and oxygen atoms in total. The summed E-state index contributed by atoms with van der Waals surface area (Å²) in [6, 6.07) is 2.81. The molecular weight excluding hydrogens is 156 g/mol. The second-order valence-corrected chi connectivity index (χ2v) is 1.95. The number of halogens is 1. The van der Waals surface area contributed by atoms with Crippen LogP contribution in [0.15, 0.2) is 16.5 Å². The molecule has 1 aromatic rings. The molecule has 0 radical (unpaired) electrons. The van der Waals surface area contributed by atoms with Crippen molar-refractivity contribution in [2.24, 2.45) is 0 Å². The molecule has 0 N–H and O–H groups in total. The lowest BCUT2D eigenvalue weighted by atomic mass is 10.4. The minimum Gasteiger partial charge on any atom is -0.542 e. The van der Waals surface area contributed by atoms with E-state index in [1.54, 1.807) is 0 Å². The van der Waals surface area contributed by atoms with Crippen LogP contribution in [-0.4, -0.2) is 5.97 Å². The fourth-order valence-electron chi connectivity index (χ4n) is 0.559. The predicted molar refractivity (Wildman–Crippen MR) is 32.6 cm³/mol. The van der Waals surface area contributed by atoms with Crippen molar-refractivity contribution in [3.05, 3.63) is 23.7 Å². The smallest absolute Gasteiger partial charge is 0.149 e. The molecule has 0 saturated heterocycles. The quantitative estimate of drug-likeness (QED) is 0.587. The van der Waals surface area contributed by atoms with Gasteiger partial charge in [-0.3, -0.25) is 0 Å². The van der Waals surface area contributed by atoms with Gasteiger partial charge in [0.15, 0.2) is 0 Å². The molecule has 0 spiro atoms. The lowest BCUT2D eigenvalue weighted by Crippen LogP contribution is -2.21. The zero-order valence-corrected chi connectivity index (χ0v) is 5.72. The summed E-state index contributed by atoms with van der Waals surface area (Å²) in [5, 5.41) is 10.1. The second kappa shape index (κ2) is 2.75. The molecular formula is C6H4ClO3-. The van der Waals surface area contributed by atoms with Crippen molar-refractivity contribution < 1.29 is 14.3 Å². The normalized spacial score (nSPS) is 9.70. The van der Waals surface area contributed by atoms with Crippen LogP contribution in [0.3, 0.4) is 0 Å². The van der Waals surface area contributed by atoms with Crippen molar-refractivity contribution >= 4 is 17.6 Å². The van der Waals surface area contributed by atoms with E-state index in [1.807, 2.05) is 0 Å². The Morgan fingerprint density at radius 1 is 1.70 bits per heavy atom. The highest BCUT2D eigenvalue weighted by Gasteiger charge is 1.99. The molecule has 0 saturated carbocycles. The summed E-state index contributed by atoms with van der Waals surface area (Å²) < 4.78 is 4.70. The Hall–Kier alpha value is -0.960. The van der Waals surface area contributed by atoms with Gasteiger partial charge in [0.05, 0.1) is 5.88 Å².